The SMILES string of the molecule is NC(=O)C1CNCCN1C(=O)c1cccc([N+](=O)[O-])c1. The molecular formula is C12H14N4O4. The van der Waals surface area contributed by atoms with E-state index >= 15 is 0 Å². The van der Waals surface area contributed by atoms with E-state index in [1.807, 2.05) is 0 Å². The summed E-state index contributed by atoms with van der Waals surface area (Å²) in [5.41, 5.74) is 5.28. The van der Waals surface area contributed by atoms with E-state index in [1.165, 1.54) is 29.2 Å². The number of primary amides is 1. The first kappa shape index (κ1) is 13.9. The number of carbonyl (C=O) groups excluding carboxylic acids is 2. The molecule has 0 aromatic heterocycles. The number of rotatable bonds is 3. The van der Waals surface area contributed by atoms with Gasteiger partial charge < -0.3 is 16.0 Å². The lowest BCUT2D eigenvalue weighted by atomic mass is 10.1. The second kappa shape index (κ2) is 5.66. The molecule has 3 N–H and O–H groups in total. The number of piperazine rings is 1. The topological polar surface area (TPSA) is 119 Å². The highest BCUT2D eigenvalue weighted by Crippen LogP contribution is 2.16. The molecule has 1 aliphatic rings. The molecule has 0 bridgehead atoms. The molecule has 8 nitrogen and oxygen atoms in total. The summed E-state index contributed by atoms with van der Waals surface area (Å²) >= 11 is 0. The van der Waals surface area contributed by atoms with Gasteiger partial charge in [0.2, 0.25) is 5.91 Å². The summed E-state index contributed by atoms with van der Waals surface area (Å²) in [6, 6.07) is 4.68. The second-order valence-electron chi connectivity index (χ2n) is 4.43. The van der Waals surface area contributed by atoms with E-state index in [4.69, 9.17) is 5.73 Å². The Labute approximate surface area is 114 Å². The minimum absolute atomic E-state index is 0.165. The van der Waals surface area contributed by atoms with Crippen molar-refractivity contribution >= 4 is 17.5 Å². The van der Waals surface area contributed by atoms with Crippen LogP contribution >= 0.6 is 0 Å². The van der Waals surface area contributed by atoms with Gasteiger partial charge in [-0.2, -0.15) is 0 Å². The Balaban J connectivity index is 2.27. The Hall–Kier alpha value is -2.48. The Bertz CT molecular complexity index is 560. The third kappa shape index (κ3) is 2.75. The van der Waals surface area contributed by atoms with Gasteiger partial charge in [-0.15, -0.1) is 0 Å². The van der Waals surface area contributed by atoms with Crippen molar-refractivity contribution in [1.29, 1.82) is 0 Å². The number of nitrogens with one attached hydrogen (secondary N) is 1. The quantitative estimate of drug-likeness (QED) is 0.570. The number of hydrogen-bond donors (Lipinski definition) is 2. The molecule has 0 saturated carbocycles. The van der Waals surface area contributed by atoms with E-state index < -0.39 is 22.8 Å². The second-order valence-corrected chi connectivity index (χ2v) is 4.43. The van der Waals surface area contributed by atoms with Crippen molar-refractivity contribution < 1.29 is 14.5 Å². The minimum atomic E-state index is -0.740. The predicted octanol–water partition coefficient (Wildman–Crippen LogP) is -0.506. The van der Waals surface area contributed by atoms with Crippen LogP contribution < -0.4 is 11.1 Å². The van der Waals surface area contributed by atoms with Crippen molar-refractivity contribution in [2.24, 2.45) is 5.73 Å². The minimum Gasteiger partial charge on any atom is -0.368 e. The fourth-order valence-electron chi connectivity index (χ4n) is 2.12. The largest absolute Gasteiger partial charge is 0.368 e. The number of carbonyl (C=O) groups is 2. The average Bonchev–Trinajstić information content (AvgIpc) is 2.46. The molecule has 0 spiro atoms. The molecule has 1 heterocycles. The van der Waals surface area contributed by atoms with Crippen molar-refractivity contribution in [3.63, 3.8) is 0 Å². The number of nitrogens with two attached hydrogens (primary N) is 1. The van der Waals surface area contributed by atoms with E-state index in [0.29, 0.717) is 13.1 Å². The van der Waals surface area contributed by atoms with Crippen LogP contribution in [0.15, 0.2) is 24.3 Å². The molecule has 1 aromatic carbocycles. The van der Waals surface area contributed by atoms with Crippen LogP contribution in [0, 0.1) is 10.1 Å². The molecule has 1 aliphatic heterocycles. The van der Waals surface area contributed by atoms with Crippen LogP contribution in [0.3, 0.4) is 0 Å². The maximum Gasteiger partial charge on any atom is 0.270 e. The van der Waals surface area contributed by atoms with Crippen LogP contribution in [0.1, 0.15) is 10.4 Å². The fourth-order valence-corrected chi connectivity index (χ4v) is 2.12. The summed E-state index contributed by atoms with van der Waals surface area (Å²) in [6.45, 7) is 1.16. The highest BCUT2D eigenvalue weighted by Gasteiger charge is 2.31. The third-order valence-corrected chi connectivity index (χ3v) is 3.14. The lowest BCUT2D eigenvalue weighted by Crippen LogP contribution is -2.58. The molecular weight excluding hydrogens is 264 g/mol. The molecule has 2 amide bonds. The maximum absolute atomic E-state index is 12.4. The zero-order valence-electron chi connectivity index (χ0n) is 10.6. The van der Waals surface area contributed by atoms with Gasteiger partial charge in [0, 0.05) is 37.3 Å². The Morgan fingerprint density at radius 3 is 2.85 bits per heavy atom. The van der Waals surface area contributed by atoms with E-state index in [2.05, 4.69) is 5.32 Å². The monoisotopic (exact) mass is 278 g/mol. The van der Waals surface area contributed by atoms with Crippen LogP contribution in [0.5, 0.6) is 0 Å². The lowest BCUT2D eigenvalue weighted by molar-refractivity contribution is -0.384. The zero-order chi connectivity index (χ0) is 14.7. The molecule has 2 rings (SSSR count). The van der Waals surface area contributed by atoms with Crippen molar-refractivity contribution in [2.45, 2.75) is 6.04 Å². The summed E-state index contributed by atoms with van der Waals surface area (Å²) in [6.07, 6.45) is 0. The summed E-state index contributed by atoms with van der Waals surface area (Å²) in [5.74, 6) is -1.03. The van der Waals surface area contributed by atoms with Gasteiger partial charge in [-0.3, -0.25) is 19.7 Å². The number of amides is 2. The maximum atomic E-state index is 12.4. The normalized spacial score (nSPS) is 18.6. The first-order valence-electron chi connectivity index (χ1n) is 6.06. The number of nitro groups is 1. The van der Waals surface area contributed by atoms with Gasteiger partial charge in [0.25, 0.3) is 11.6 Å². The van der Waals surface area contributed by atoms with Gasteiger partial charge in [0.05, 0.1) is 4.92 Å². The summed E-state index contributed by atoms with van der Waals surface area (Å²) in [4.78, 5) is 35.2. The number of non-ortho nitro benzene ring substituents is 1. The third-order valence-electron chi connectivity index (χ3n) is 3.14. The summed E-state index contributed by atoms with van der Waals surface area (Å²) < 4.78 is 0. The standard InChI is InChI=1S/C12H14N4O4/c13-11(17)10-7-14-4-5-15(10)12(18)8-2-1-3-9(6-8)16(19)20/h1-3,6,10,14H,4-5,7H2,(H2,13,17). The molecule has 0 radical (unpaired) electrons. The first-order chi connectivity index (χ1) is 9.50. The van der Waals surface area contributed by atoms with E-state index in [-0.39, 0.29) is 17.8 Å². The molecule has 1 aromatic rings. The smallest absolute Gasteiger partial charge is 0.270 e. The highest BCUT2D eigenvalue weighted by atomic mass is 16.6. The van der Waals surface area contributed by atoms with Gasteiger partial charge in [-0.05, 0) is 6.07 Å². The molecule has 0 aliphatic carbocycles. The average molecular weight is 278 g/mol. The molecule has 8 heteroatoms. The number of nitro benzene ring substituents is 1. The molecule has 1 saturated heterocycles. The zero-order valence-corrected chi connectivity index (χ0v) is 10.6. The van der Waals surface area contributed by atoms with Gasteiger partial charge in [-0.1, -0.05) is 6.07 Å². The van der Waals surface area contributed by atoms with Gasteiger partial charge in [0.1, 0.15) is 6.04 Å². The van der Waals surface area contributed by atoms with Gasteiger partial charge in [-0.25, -0.2) is 0 Å². The van der Waals surface area contributed by atoms with Crippen molar-refractivity contribution in [2.75, 3.05) is 19.6 Å². The predicted molar refractivity (Wildman–Crippen MR) is 70.0 cm³/mol. The molecule has 1 fully saturated rings. The number of nitrogens with zero attached hydrogens (tertiary/aromatic N) is 2. The highest BCUT2D eigenvalue weighted by molar-refractivity contribution is 5.98. The van der Waals surface area contributed by atoms with Crippen LogP contribution in [0.2, 0.25) is 0 Å². The van der Waals surface area contributed by atoms with E-state index in [9.17, 15) is 19.7 Å². The van der Waals surface area contributed by atoms with Gasteiger partial charge >= 0.3 is 0 Å². The number of hydrogen-bond acceptors (Lipinski definition) is 5. The first-order valence-corrected chi connectivity index (χ1v) is 6.06. The van der Waals surface area contributed by atoms with Gasteiger partial charge in [0.15, 0.2) is 0 Å². The lowest BCUT2D eigenvalue weighted by Gasteiger charge is -2.34. The van der Waals surface area contributed by atoms with Crippen molar-refractivity contribution in [1.82, 2.24) is 10.2 Å². The van der Waals surface area contributed by atoms with E-state index in [0.717, 1.165) is 0 Å². The Morgan fingerprint density at radius 2 is 2.20 bits per heavy atom. The van der Waals surface area contributed by atoms with Crippen LogP contribution in [0.25, 0.3) is 0 Å². The molecule has 20 heavy (non-hydrogen) atoms. The fraction of sp³-hybridized carbons (Fsp3) is 0.333. The summed E-state index contributed by atoms with van der Waals surface area (Å²) in [5, 5.41) is 13.7. The Kier molecular flexibility index (Phi) is 3.94. The van der Waals surface area contributed by atoms with E-state index in [1.54, 1.807) is 0 Å². The molecule has 1 atom stereocenters. The van der Waals surface area contributed by atoms with Crippen LogP contribution in [0.4, 0.5) is 5.69 Å². The van der Waals surface area contributed by atoms with Crippen LogP contribution in [-0.2, 0) is 4.79 Å². The molecule has 106 valence electrons. The summed E-state index contributed by atoms with van der Waals surface area (Å²) in [7, 11) is 0. The molecule has 1 unspecified atom stereocenters. The van der Waals surface area contributed by atoms with Crippen LogP contribution in [-0.4, -0.2) is 47.3 Å². The van der Waals surface area contributed by atoms with Crippen molar-refractivity contribution in [3.05, 3.63) is 39.9 Å². The number of benzene rings is 1. The Morgan fingerprint density at radius 1 is 1.45 bits per heavy atom. The van der Waals surface area contributed by atoms with Crippen molar-refractivity contribution in [3.8, 4) is 0 Å².